The predicted molar refractivity (Wildman–Crippen MR) is 221 cm³/mol. The van der Waals surface area contributed by atoms with Crippen LogP contribution in [0.5, 0.6) is 0 Å². The van der Waals surface area contributed by atoms with Crippen LogP contribution in [0, 0.1) is 0 Å². The van der Waals surface area contributed by atoms with E-state index >= 15 is 0 Å². The Morgan fingerprint density at radius 2 is 0.962 bits per heavy atom. The molecular formula is C44H77O8P. The minimum absolute atomic E-state index is 0.00842. The number of allylic oxidation sites excluding steroid dienone is 10. The fourth-order valence-electron chi connectivity index (χ4n) is 5.50. The van der Waals surface area contributed by atoms with Crippen LogP contribution in [0.25, 0.3) is 0 Å². The number of phosphoric ester groups is 1. The zero-order chi connectivity index (χ0) is 38.9. The van der Waals surface area contributed by atoms with Gasteiger partial charge in [-0.1, -0.05) is 145 Å². The Morgan fingerprint density at radius 1 is 0.528 bits per heavy atom. The van der Waals surface area contributed by atoms with Gasteiger partial charge in [-0.2, -0.15) is 0 Å². The maximum atomic E-state index is 12.5. The smallest absolute Gasteiger partial charge is 0.462 e. The Balaban J connectivity index is 4.17. The van der Waals surface area contributed by atoms with E-state index in [4.69, 9.17) is 18.5 Å². The topological polar surface area (TPSA) is 108 Å². The molecule has 0 aromatic carbocycles. The maximum Gasteiger partial charge on any atom is 0.472 e. The minimum Gasteiger partial charge on any atom is -0.462 e. The van der Waals surface area contributed by atoms with Gasteiger partial charge in [0.1, 0.15) is 6.61 Å². The lowest BCUT2D eigenvalue weighted by Crippen LogP contribution is -2.29. The Morgan fingerprint density at radius 3 is 1.47 bits per heavy atom. The molecule has 1 N–H and O–H groups in total. The lowest BCUT2D eigenvalue weighted by Gasteiger charge is -2.19. The van der Waals surface area contributed by atoms with Gasteiger partial charge in [-0.15, -0.1) is 0 Å². The molecule has 0 fully saturated rings. The van der Waals surface area contributed by atoms with Crippen LogP contribution in [0.1, 0.15) is 181 Å². The van der Waals surface area contributed by atoms with Crippen LogP contribution in [-0.4, -0.2) is 42.8 Å². The zero-order valence-electron chi connectivity index (χ0n) is 33.9. The highest BCUT2D eigenvalue weighted by Gasteiger charge is 2.25. The van der Waals surface area contributed by atoms with E-state index < -0.39 is 26.5 Å². The third kappa shape index (κ3) is 39.3. The summed E-state index contributed by atoms with van der Waals surface area (Å²) in [4.78, 5) is 34.7. The normalized spacial score (nSPS) is 14.0. The summed E-state index contributed by atoms with van der Waals surface area (Å²) in [6.07, 6.45) is 47.0. The summed E-state index contributed by atoms with van der Waals surface area (Å²) in [7, 11) is -4.29. The van der Waals surface area contributed by atoms with Gasteiger partial charge in [0.2, 0.25) is 0 Å². The van der Waals surface area contributed by atoms with Gasteiger partial charge in [0.15, 0.2) is 6.10 Å². The fraction of sp³-hybridized carbons (Fsp3) is 0.727. The number of ether oxygens (including phenoxy) is 2. The molecule has 53 heavy (non-hydrogen) atoms. The molecule has 9 heteroatoms. The van der Waals surface area contributed by atoms with E-state index in [1.165, 1.54) is 51.4 Å². The minimum atomic E-state index is -4.29. The molecule has 0 spiro atoms. The number of unbranched alkanes of at least 4 members (excludes halogenated alkanes) is 16. The molecule has 0 saturated carbocycles. The van der Waals surface area contributed by atoms with Gasteiger partial charge in [0.05, 0.1) is 13.2 Å². The summed E-state index contributed by atoms with van der Waals surface area (Å²) in [6, 6.07) is 0. The number of carbonyl (C=O) groups is 2. The van der Waals surface area contributed by atoms with E-state index in [0.717, 1.165) is 89.9 Å². The standard InChI is InChI=1S/C44H77O8P/c1-4-7-9-11-13-15-17-19-21-23-25-27-29-31-33-35-37-39-44(46)52-42(41-51-53(47,48)50-6-3)40-49-43(45)38-36-34-32-30-28-26-24-22-20-18-16-14-12-10-8-5-2/h7,9,13,15,19,21-22,24-25,27,42H,4-6,8,10-12,14,16-18,20,23,26,28-41H2,1-3H3,(H,47,48)/b9-7-,15-13-,21-19-,24-22-,27-25-. The number of rotatable bonds is 38. The van der Waals surface area contributed by atoms with Crippen molar-refractivity contribution in [1.29, 1.82) is 0 Å². The van der Waals surface area contributed by atoms with Crippen molar-refractivity contribution in [1.82, 2.24) is 0 Å². The molecule has 0 aliphatic heterocycles. The van der Waals surface area contributed by atoms with Gasteiger partial charge >= 0.3 is 19.8 Å². The van der Waals surface area contributed by atoms with E-state index in [-0.39, 0.29) is 32.0 Å². The second-order valence-corrected chi connectivity index (χ2v) is 15.1. The third-order valence-electron chi connectivity index (χ3n) is 8.56. The van der Waals surface area contributed by atoms with Crippen LogP contribution < -0.4 is 0 Å². The average Bonchev–Trinajstić information content (AvgIpc) is 3.13. The van der Waals surface area contributed by atoms with Gasteiger partial charge in [-0.25, -0.2) is 4.57 Å². The Labute approximate surface area is 324 Å². The lowest BCUT2D eigenvalue weighted by atomic mass is 10.1. The third-order valence-corrected chi connectivity index (χ3v) is 9.62. The molecule has 306 valence electrons. The van der Waals surface area contributed by atoms with Crippen LogP contribution in [0.2, 0.25) is 0 Å². The second-order valence-electron chi connectivity index (χ2n) is 13.6. The van der Waals surface area contributed by atoms with Crippen molar-refractivity contribution in [3.63, 3.8) is 0 Å². The molecule has 0 aliphatic carbocycles. The van der Waals surface area contributed by atoms with E-state index in [2.05, 4.69) is 74.6 Å². The van der Waals surface area contributed by atoms with Crippen molar-refractivity contribution in [2.24, 2.45) is 0 Å². The molecule has 0 aromatic rings. The van der Waals surface area contributed by atoms with E-state index in [1.54, 1.807) is 6.92 Å². The molecular weight excluding hydrogens is 687 g/mol. The monoisotopic (exact) mass is 765 g/mol. The van der Waals surface area contributed by atoms with E-state index in [1.807, 2.05) is 0 Å². The first-order chi connectivity index (χ1) is 25.8. The summed E-state index contributed by atoms with van der Waals surface area (Å²) in [6.45, 7) is 5.31. The molecule has 8 nitrogen and oxygen atoms in total. The van der Waals surface area contributed by atoms with Crippen LogP contribution >= 0.6 is 7.82 Å². The first-order valence-corrected chi connectivity index (χ1v) is 22.6. The highest BCUT2D eigenvalue weighted by molar-refractivity contribution is 7.47. The second kappa shape index (κ2) is 39.4. The van der Waals surface area contributed by atoms with Crippen LogP contribution in [0.4, 0.5) is 0 Å². The van der Waals surface area contributed by atoms with Crippen molar-refractivity contribution < 1.29 is 37.6 Å². The molecule has 0 amide bonds. The first-order valence-electron chi connectivity index (χ1n) is 21.1. The molecule has 2 atom stereocenters. The van der Waals surface area contributed by atoms with Crippen molar-refractivity contribution in [3.05, 3.63) is 60.8 Å². The van der Waals surface area contributed by atoms with Crippen molar-refractivity contribution >= 4 is 19.8 Å². The predicted octanol–water partition coefficient (Wildman–Crippen LogP) is 13.2. The van der Waals surface area contributed by atoms with E-state index in [9.17, 15) is 19.0 Å². The fourth-order valence-corrected chi connectivity index (χ4v) is 6.25. The Hall–Kier alpha value is -2.25. The molecule has 0 radical (unpaired) electrons. The number of hydrogen-bond acceptors (Lipinski definition) is 7. The van der Waals surface area contributed by atoms with E-state index in [0.29, 0.717) is 6.42 Å². The van der Waals surface area contributed by atoms with Crippen molar-refractivity contribution in [2.75, 3.05) is 19.8 Å². The SMILES string of the molecule is CC/C=C\C/C=C\C/C=C\C/C=C\CCCCCCC(=O)OC(COC(=O)CCCCCCC/C=C\CCCCCCCCC)COP(=O)(O)OCC. The quantitative estimate of drug-likeness (QED) is 0.0286. The maximum absolute atomic E-state index is 12.5. The Kier molecular flexibility index (Phi) is 37.8. The molecule has 2 unspecified atom stereocenters. The zero-order valence-corrected chi connectivity index (χ0v) is 34.8. The number of carbonyl (C=O) groups excluding carboxylic acids is 2. The van der Waals surface area contributed by atoms with Gasteiger partial charge in [0.25, 0.3) is 0 Å². The number of hydrogen-bond donors (Lipinski definition) is 1. The molecule has 0 bridgehead atoms. The summed E-state index contributed by atoms with van der Waals surface area (Å²) >= 11 is 0. The summed E-state index contributed by atoms with van der Waals surface area (Å²) in [5.74, 6) is -0.838. The first kappa shape index (κ1) is 50.8. The highest BCUT2D eigenvalue weighted by Crippen LogP contribution is 2.43. The molecule has 0 rings (SSSR count). The molecule has 0 heterocycles. The largest absolute Gasteiger partial charge is 0.472 e. The molecule has 0 aliphatic rings. The summed E-state index contributed by atoms with van der Waals surface area (Å²) in [5, 5.41) is 0. The van der Waals surface area contributed by atoms with Gasteiger partial charge < -0.3 is 14.4 Å². The van der Waals surface area contributed by atoms with Crippen LogP contribution in [0.3, 0.4) is 0 Å². The van der Waals surface area contributed by atoms with Crippen molar-refractivity contribution in [3.8, 4) is 0 Å². The summed E-state index contributed by atoms with van der Waals surface area (Å²) in [5.41, 5.74) is 0. The lowest BCUT2D eigenvalue weighted by molar-refractivity contribution is -0.161. The highest BCUT2D eigenvalue weighted by atomic mass is 31.2. The average molecular weight is 765 g/mol. The Bertz CT molecular complexity index is 1050. The number of esters is 2. The summed E-state index contributed by atoms with van der Waals surface area (Å²) < 4.78 is 32.6. The van der Waals surface area contributed by atoms with Gasteiger partial charge in [-0.05, 0) is 84.0 Å². The van der Waals surface area contributed by atoms with Crippen LogP contribution in [0.15, 0.2) is 60.8 Å². The molecule has 0 saturated heterocycles. The number of phosphoric acid groups is 1. The molecule has 0 aromatic heterocycles. The van der Waals surface area contributed by atoms with Crippen molar-refractivity contribution in [2.45, 2.75) is 187 Å². The van der Waals surface area contributed by atoms with Gasteiger partial charge in [0, 0.05) is 12.8 Å². The van der Waals surface area contributed by atoms with Crippen LogP contribution in [-0.2, 0) is 32.7 Å². The van der Waals surface area contributed by atoms with Gasteiger partial charge in [-0.3, -0.25) is 18.6 Å².